The molecule has 134 valence electrons. The van der Waals surface area contributed by atoms with Crippen LogP contribution in [0.15, 0.2) is 28.1 Å². The Morgan fingerprint density at radius 3 is 2.60 bits per heavy atom. The molecule has 1 aromatic carbocycles. The van der Waals surface area contributed by atoms with Gasteiger partial charge in [0.1, 0.15) is 11.5 Å². The lowest BCUT2D eigenvalue weighted by Crippen LogP contribution is -2.47. The van der Waals surface area contributed by atoms with E-state index in [0.717, 1.165) is 23.8 Å². The first-order valence-corrected chi connectivity index (χ1v) is 8.96. The lowest BCUT2D eigenvalue weighted by Gasteiger charge is -2.35. The van der Waals surface area contributed by atoms with E-state index in [9.17, 15) is 4.79 Å². The maximum absolute atomic E-state index is 12.3. The zero-order valence-electron chi connectivity index (χ0n) is 14.8. The van der Waals surface area contributed by atoms with Crippen LogP contribution in [0.4, 0.5) is 0 Å². The van der Waals surface area contributed by atoms with E-state index in [4.69, 9.17) is 14.2 Å². The lowest BCUT2D eigenvalue weighted by molar-refractivity contribution is -0.113. The van der Waals surface area contributed by atoms with E-state index in [1.54, 1.807) is 20.3 Å². The SMILES string of the molecule is COc1ccc(OC)c(/C=C2\SC(N3C[C@@H](C)O[C@@H](C)C3)=NC2=O)c1. The molecular weight excluding hydrogens is 340 g/mol. The van der Waals surface area contributed by atoms with Gasteiger partial charge in [-0.25, -0.2) is 0 Å². The van der Waals surface area contributed by atoms with Crippen LogP contribution in [-0.2, 0) is 9.53 Å². The summed E-state index contributed by atoms with van der Waals surface area (Å²) < 4.78 is 16.4. The van der Waals surface area contributed by atoms with E-state index in [0.29, 0.717) is 16.4 Å². The first-order chi connectivity index (χ1) is 12.0. The molecule has 6 nitrogen and oxygen atoms in total. The van der Waals surface area contributed by atoms with Crippen LogP contribution >= 0.6 is 11.8 Å². The number of aliphatic imine (C=N–C) groups is 1. The Hall–Kier alpha value is -1.99. The quantitative estimate of drug-likeness (QED) is 0.771. The number of thioether (sulfide) groups is 1. The first-order valence-electron chi connectivity index (χ1n) is 8.15. The van der Waals surface area contributed by atoms with Crippen LogP contribution in [0.5, 0.6) is 11.5 Å². The smallest absolute Gasteiger partial charge is 0.286 e. The number of carbonyl (C=O) groups is 1. The summed E-state index contributed by atoms with van der Waals surface area (Å²) in [5.74, 6) is 1.17. The maximum atomic E-state index is 12.3. The summed E-state index contributed by atoms with van der Waals surface area (Å²) in [6, 6.07) is 5.49. The average molecular weight is 362 g/mol. The third-order valence-corrected chi connectivity index (χ3v) is 5.07. The molecule has 0 aliphatic carbocycles. The average Bonchev–Trinajstić information content (AvgIpc) is 2.95. The van der Waals surface area contributed by atoms with Crippen molar-refractivity contribution in [3.8, 4) is 11.5 Å². The molecule has 2 aliphatic rings. The molecule has 2 atom stereocenters. The second-order valence-corrected chi connectivity index (χ2v) is 7.09. The van der Waals surface area contributed by atoms with Gasteiger partial charge < -0.3 is 19.1 Å². The van der Waals surface area contributed by atoms with Gasteiger partial charge in [-0.1, -0.05) is 0 Å². The topological polar surface area (TPSA) is 60.4 Å². The molecular formula is C18H22N2O4S. The fourth-order valence-corrected chi connectivity index (χ4v) is 3.88. The van der Waals surface area contributed by atoms with E-state index in [2.05, 4.69) is 9.89 Å². The minimum atomic E-state index is -0.225. The van der Waals surface area contributed by atoms with Crippen molar-refractivity contribution in [2.75, 3.05) is 27.3 Å². The fourth-order valence-electron chi connectivity index (χ4n) is 2.96. The summed E-state index contributed by atoms with van der Waals surface area (Å²) in [7, 11) is 3.21. The Kier molecular flexibility index (Phi) is 5.34. The molecule has 1 aromatic rings. The minimum Gasteiger partial charge on any atom is -0.497 e. The van der Waals surface area contributed by atoms with Crippen LogP contribution in [0.25, 0.3) is 6.08 Å². The monoisotopic (exact) mass is 362 g/mol. The fraction of sp³-hybridized carbons (Fsp3) is 0.444. The predicted octanol–water partition coefficient (Wildman–Crippen LogP) is 2.78. The summed E-state index contributed by atoms with van der Waals surface area (Å²) >= 11 is 1.39. The van der Waals surface area contributed by atoms with Gasteiger partial charge in [-0.05, 0) is 49.9 Å². The number of benzene rings is 1. The highest BCUT2D eigenvalue weighted by Gasteiger charge is 2.31. The van der Waals surface area contributed by atoms with Crippen molar-refractivity contribution in [1.82, 2.24) is 4.90 Å². The third kappa shape index (κ3) is 3.99. The van der Waals surface area contributed by atoms with Gasteiger partial charge in [0.2, 0.25) is 0 Å². The number of amidine groups is 1. The standard InChI is InChI=1S/C18H22N2O4S/c1-11-9-20(10-12(2)24-11)18-19-17(21)16(25-18)8-13-7-14(22-3)5-6-15(13)23-4/h5-8,11-12H,9-10H2,1-4H3/b16-8-/t11-,12+. The van der Waals surface area contributed by atoms with Crippen molar-refractivity contribution >= 4 is 28.9 Å². The molecule has 0 aromatic heterocycles. The zero-order chi connectivity index (χ0) is 18.0. The number of hydrogen-bond donors (Lipinski definition) is 0. The Balaban J connectivity index is 1.82. The zero-order valence-corrected chi connectivity index (χ0v) is 15.6. The van der Waals surface area contributed by atoms with Gasteiger partial charge in [0.05, 0.1) is 31.3 Å². The molecule has 0 bridgehead atoms. The summed E-state index contributed by atoms with van der Waals surface area (Å²) in [6.07, 6.45) is 2.04. The van der Waals surface area contributed by atoms with Crippen LogP contribution in [-0.4, -0.2) is 55.5 Å². The van der Waals surface area contributed by atoms with Gasteiger partial charge in [-0.2, -0.15) is 4.99 Å². The molecule has 1 fully saturated rings. The second-order valence-electron chi connectivity index (χ2n) is 6.08. The number of hydrogen-bond acceptors (Lipinski definition) is 6. The summed E-state index contributed by atoms with van der Waals surface area (Å²) in [5, 5.41) is 0.736. The van der Waals surface area contributed by atoms with Crippen molar-refractivity contribution in [3.05, 3.63) is 28.7 Å². The Labute approximate surface area is 151 Å². The lowest BCUT2D eigenvalue weighted by atomic mass is 10.1. The molecule has 3 rings (SSSR count). The second kappa shape index (κ2) is 7.49. The van der Waals surface area contributed by atoms with Crippen molar-refractivity contribution in [2.24, 2.45) is 4.99 Å². The largest absolute Gasteiger partial charge is 0.497 e. The van der Waals surface area contributed by atoms with Gasteiger partial charge in [0, 0.05) is 18.7 Å². The van der Waals surface area contributed by atoms with E-state index < -0.39 is 0 Å². The van der Waals surface area contributed by atoms with Crippen molar-refractivity contribution < 1.29 is 19.0 Å². The highest BCUT2D eigenvalue weighted by molar-refractivity contribution is 8.18. The molecule has 1 saturated heterocycles. The molecule has 0 N–H and O–H groups in total. The van der Waals surface area contributed by atoms with Gasteiger partial charge in [0.15, 0.2) is 5.17 Å². The summed E-state index contributed by atoms with van der Waals surface area (Å²) in [6.45, 7) is 5.53. The van der Waals surface area contributed by atoms with Gasteiger partial charge in [-0.3, -0.25) is 4.79 Å². The predicted molar refractivity (Wildman–Crippen MR) is 99.1 cm³/mol. The van der Waals surface area contributed by atoms with Crippen molar-refractivity contribution in [1.29, 1.82) is 0 Å². The Bertz CT molecular complexity index is 722. The van der Waals surface area contributed by atoms with Gasteiger partial charge in [-0.15, -0.1) is 0 Å². The maximum Gasteiger partial charge on any atom is 0.286 e. The van der Waals surface area contributed by atoms with E-state index >= 15 is 0 Å². The minimum absolute atomic E-state index is 0.119. The first kappa shape index (κ1) is 17.8. The Morgan fingerprint density at radius 1 is 1.24 bits per heavy atom. The van der Waals surface area contributed by atoms with Crippen molar-refractivity contribution in [2.45, 2.75) is 26.1 Å². The molecule has 2 heterocycles. The number of morpholine rings is 1. The molecule has 0 saturated carbocycles. The number of amides is 1. The molecule has 0 spiro atoms. The number of nitrogens with zero attached hydrogens (tertiary/aromatic N) is 2. The number of rotatable bonds is 3. The number of methoxy groups -OCH3 is 2. The van der Waals surface area contributed by atoms with Gasteiger partial charge >= 0.3 is 0 Å². The van der Waals surface area contributed by atoms with Crippen molar-refractivity contribution in [3.63, 3.8) is 0 Å². The molecule has 1 amide bonds. The highest BCUT2D eigenvalue weighted by atomic mass is 32.2. The van der Waals surface area contributed by atoms with Gasteiger partial charge in [0.25, 0.3) is 5.91 Å². The van der Waals surface area contributed by atoms with Crippen LogP contribution in [0.2, 0.25) is 0 Å². The number of carbonyl (C=O) groups excluding carboxylic acids is 1. The van der Waals surface area contributed by atoms with Crippen LogP contribution in [0.1, 0.15) is 19.4 Å². The van der Waals surface area contributed by atoms with E-state index in [-0.39, 0.29) is 18.1 Å². The van der Waals surface area contributed by atoms with E-state index in [1.807, 2.05) is 32.0 Å². The highest BCUT2D eigenvalue weighted by Crippen LogP contribution is 2.34. The number of ether oxygens (including phenoxy) is 3. The normalized spacial score (nSPS) is 25.3. The Morgan fingerprint density at radius 2 is 1.96 bits per heavy atom. The molecule has 7 heteroatoms. The van der Waals surface area contributed by atoms with Crippen LogP contribution in [0, 0.1) is 0 Å². The summed E-state index contributed by atoms with van der Waals surface area (Å²) in [4.78, 5) is 19.3. The van der Waals surface area contributed by atoms with Crippen LogP contribution in [0.3, 0.4) is 0 Å². The molecule has 2 aliphatic heterocycles. The molecule has 0 radical (unpaired) electrons. The third-order valence-electron chi connectivity index (χ3n) is 4.02. The molecule has 25 heavy (non-hydrogen) atoms. The molecule has 0 unspecified atom stereocenters. The van der Waals surface area contributed by atoms with E-state index in [1.165, 1.54) is 11.8 Å². The van der Waals surface area contributed by atoms with Crippen LogP contribution < -0.4 is 9.47 Å². The summed E-state index contributed by atoms with van der Waals surface area (Å²) in [5.41, 5.74) is 0.790.